The van der Waals surface area contributed by atoms with Crippen LogP contribution in [0.3, 0.4) is 0 Å². The van der Waals surface area contributed by atoms with Crippen LogP contribution in [0, 0.1) is 5.92 Å². The Bertz CT molecular complexity index is 142. The summed E-state index contributed by atoms with van der Waals surface area (Å²) in [5.74, 6) is 0.184. The van der Waals surface area contributed by atoms with Gasteiger partial charge in [-0.2, -0.15) is 0 Å². The normalized spacial score (nSPS) is 17.8. The van der Waals surface area contributed by atoms with Crippen LogP contribution in [-0.2, 0) is 4.79 Å². The standard InChI is InChI=1S/C10H18O2.Na.H/c11-10(12)8-4-7-9-5-2-1-3-6-9;;/h9H,1-8H2,(H,11,12);;. The molecule has 1 fully saturated rings. The molecule has 1 rings (SSSR count). The molecule has 0 spiro atoms. The van der Waals surface area contributed by atoms with Gasteiger partial charge in [0.05, 0.1) is 0 Å². The molecule has 1 saturated carbocycles. The molecule has 0 aliphatic heterocycles. The van der Waals surface area contributed by atoms with E-state index in [9.17, 15) is 4.79 Å². The third kappa shape index (κ3) is 6.53. The zero-order chi connectivity index (χ0) is 8.81. The summed E-state index contributed by atoms with van der Waals surface area (Å²) in [6.07, 6.45) is 9.13. The molecule has 1 aliphatic carbocycles. The monoisotopic (exact) mass is 194 g/mol. The van der Waals surface area contributed by atoms with Gasteiger partial charge in [0.1, 0.15) is 0 Å². The second-order valence-electron chi connectivity index (χ2n) is 3.79. The Kier molecular flexibility index (Phi) is 8.12. The molecule has 13 heavy (non-hydrogen) atoms. The van der Waals surface area contributed by atoms with Crippen LogP contribution in [-0.4, -0.2) is 40.6 Å². The van der Waals surface area contributed by atoms with Gasteiger partial charge in [-0.3, -0.25) is 4.79 Å². The average molecular weight is 194 g/mol. The van der Waals surface area contributed by atoms with Crippen molar-refractivity contribution in [3.63, 3.8) is 0 Å². The van der Waals surface area contributed by atoms with Crippen molar-refractivity contribution in [3.05, 3.63) is 0 Å². The van der Waals surface area contributed by atoms with E-state index in [0.29, 0.717) is 6.42 Å². The van der Waals surface area contributed by atoms with E-state index in [-0.39, 0.29) is 29.6 Å². The molecule has 1 N–H and O–H groups in total. The van der Waals surface area contributed by atoms with E-state index in [0.717, 1.165) is 18.8 Å². The number of carboxylic acid groups (broad SMARTS) is 1. The summed E-state index contributed by atoms with van der Waals surface area (Å²) in [6.45, 7) is 0. The minimum absolute atomic E-state index is 0. The van der Waals surface area contributed by atoms with Crippen LogP contribution >= 0.6 is 0 Å². The van der Waals surface area contributed by atoms with E-state index in [1.54, 1.807) is 0 Å². The van der Waals surface area contributed by atoms with Gasteiger partial charge >= 0.3 is 35.5 Å². The van der Waals surface area contributed by atoms with Gasteiger partial charge < -0.3 is 5.11 Å². The Morgan fingerprint density at radius 3 is 2.38 bits per heavy atom. The summed E-state index contributed by atoms with van der Waals surface area (Å²) < 4.78 is 0. The first-order valence-electron chi connectivity index (χ1n) is 5.01. The summed E-state index contributed by atoms with van der Waals surface area (Å²) in [7, 11) is 0. The molecule has 0 saturated heterocycles. The van der Waals surface area contributed by atoms with Crippen LogP contribution in [0.1, 0.15) is 51.4 Å². The van der Waals surface area contributed by atoms with Crippen LogP contribution in [0.25, 0.3) is 0 Å². The Morgan fingerprint density at radius 2 is 1.85 bits per heavy atom. The molecule has 0 atom stereocenters. The second-order valence-corrected chi connectivity index (χ2v) is 3.79. The first-order valence-corrected chi connectivity index (χ1v) is 5.01. The summed E-state index contributed by atoms with van der Waals surface area (Å²) in [4.78, 5) is 10.2. The van der Waals surface area contributed by atoms with Crippen LogP contribution in [0.15, 0.2) is 0 Å². The van der Waals surface area contributed by atoms with Gasteiger partial charge in [-0.05, 0) is 18.8 Å². The molecular weight excluding hydrogens is 175 g/mol. The minimum atomic E-state index is -0.647. The molecule has 0 aromatic heterocycles. The second kappa shape index (κ2) is 7.84. The quantitative estimate of drug-likeness (QED) is 0.696. The van der Waals surface area contributed by atoms with Crippen LogP contribution in [0.2, 0.25) is 0 Å². The fourth-order valence-electron chi connectivity index (χ4n) is 2.02. The number of carbonyl (C=O) groups is 1. The van der Waals surface area contributed by atoms with Crippen molar-refractivity contribution in [2.24, 2.45) is 5.92 Å². The number of hydrogen-bond donors (Lipinski definition) is 1. The maximum absolute atomic E-state index is 10.2. The molecule has 2 nitrogen and oxygen atoms in total. The number of rotatable bonds is 4. The maximum atomic E-state index is 10.2. The van der Waals surface area contributed by atoms with Crippen LogP contribution in [0.5, 0.6) is 0 Å². The molecule has 0 aromatic rings. The summed E-state index contributed by atoms with van der Waals surface area (Å²) >= 11 is 0. The molecule has 0 aromatic carbocycles. The zero-order valence-corrected chi connectivity index (χ0v) is 7.59. The van der Waals surface area contributed by atoms with E-state index >= 15 is 0 Å². The molecule has 3 heteroatoms. The van der Waals surface area contributed by atoms with Crippen molar-refractivity contribution in [1.82, 2.24) is 0 Å². The van der Waals surface area contributed by atoms with Crippen molar-refractivity contribution < 1.29 is 9.90 Å². The van der Waals surface area contributed by atoms with E-state index in [4.69, 9.17) is 5.11 Å². The van der Waals surface area contributed by atoms with Crippen LogP contribution in [0.4, 0.5) is 0 Å². The molecule has 72 valence electrons. The topological polar surface area (TPSA) is 37.3 Å². The van der Waals surface area contributed by atoms with Gasteiger partial charge in [0.2, 0.25) is 0 Å². The van der Waals surface area contributed by atoms with Crippen molar-refractivity contribution >= 4 is 35.5 Å². The van der Waals surface area contributed by atoms with Gasteiger partial charge in [0, 0.05) is 6.42 Å². The molecule has 1 aliphatic rings. The molecule has 0 unspecified atom stereocenters. The third-order valence-electron chi connectivity index (χ3n) is 2.73. The number of hydrogen-bond acceptors (Lipinski definition) is 1. The predicted octanol–water partition coefficient (Wildman–Crippen LogP) is 2.17. The average Bonchev–Trinajstić information content (AvgIpc) is 2.05. The fourth-order valence-corrected chi connectivity index (χ4v) is 2.02. The molecule has 0 amide bonds. The SMILES string of the molecule is O=C(O)CCCC1CCCCC1.[NaH]. The van der Waals surface area contributed by atoms with Gasteiger partial charge in [-0.25, -0.2) is 0 Å². The molecular formula is C10H19NaO2. The molecule has 0 radical (unpaired) electrons. The summed E-state index contributed by atoms with van der Waals surface area (Å²) in [5, 5.41) is 8.44. The fraction of sp³-hybridized carbons (Fsp3) is 0.900. The third-order valence-corrected chi connectivity index (χ3v) is 2.73. The zero-order valence-electron chi connectivity index (χ0n) is 7.59. The Morgan fingerprint density at radius 1 is 1.23 bits per heavy atom. The first kappa shape index (κ1) is 13.5. The van der Waals surface area contributed by atoms with Gasteiger partial charge in [-0.1, -0.05) is 32.1 Å². The first-order chi connectivity index (χ1) is 5.79. The van der Waals surface area contributed by atoms with Gasteiger partial charge in [0.25, 0.3) is 0 Å². The summed E-state index contributed by atoms with van der Waals surface area (Å²) in [5.41, 5.74) is 0. The van der Waals surface area contributed by atoms with Crippen molar-refractivity contribution in [2.45, 2.75) is 51.4 Å². The number of carboxylic acids is 1. The Hall–Kier alpha value is 0.470. The molecule has 0 heterocycles. The number of aliphatic carboxylic acids is 1. The van der Waals surface area contributed by atoms with E-state index in [1.165, 1.54) is 32.1 Å². The van der Waals surface area contributed by atoms with E-state index in [1.807, 2.05) is 0 Å². The Labute approximate surface area is 102 Å². The van der Waals surface area contributed by atoms with Gasteiger partial charge in [0.15, 0.2) is 0 Å². The van der Waals surface area contributed by atoms with Gasteiger partial charge in [-0.15, -0.1) is 0 Å². The van der Waals surface area contributed by atoms with E-state index in [2.05, 4.69) is 0 Å². The predicted molar refractivity (Wildman–Crippen MR) is 55.2 cm³/mol. The van der Waals surface area contributed by atoms with Crippen molar-refractivity contribution in [3.8, 4) is 0 Å². The summed E-state index contributed by atoms with van der Waals surface area (Å²) in [6, 6.07) is 0. The van der Waals surface area contributed by atoms with Crippen LogP contribution < -0.4 is 0 Å². The van der Waals surface area contributed by atoms with Crippen molar-refractivity contribution in [1.29, 1.82) is 0 Å². The van der Waals surface area contributed by atoms with Crippen molar-refractivity contribution in [2.75, 3.05) is 0 Å². The Balaban J connectivity index is 0.00000144. The van der Waals surface area contributed by atoms with E-state index < -0.39 is 5.97 Å². The molecule has 0 bridgehead atoms.